The van der Waals surface area contributed by atoms with Gasteiger partial charge in [0.05, 0.1) is 6.26 Å². The van der Waals surface area contributed by atoms with Gasteiger partial charge >= 0.3 is 5.97 Å². The van der Waals surface area contributed by atoms with Gasteiger partial charge < -0.3 is 10.1 Å². The van der Waals surface area contributed by atoms with E-state index in [1.54, 1.807) is 0 Å². The number of ketones is 1. The van der Waals surface area contributed by atoms with Crippen molar-refractivity contribution in [3.8, 4) is 0 Å². The topological polar surface area (TPSA) is 72.5 Å². The molecule has 0 radical (unpaired) electrons. The number of carbonyl (C=O) groups is 3. The van der Waals surface area contributed by atoms with Gasteiger partial charge in [-0.3, -0.25) is 14.4 Å². The summed E-state index contributed by atoms with van der Waals surface area (Å²) in [6.07, 6.45) is 10.9. The predicted octanol–water partition coefficient (Wildman–Crippen LogP) is 5.10. The van der Waals surface area contributed by atoms with E-state index in [0.29, 0.717) is 25.0 Å². The molecule has 1 aromatic carbocycles. The summed E-state index contributed by atoms with van der Waals surface area (Å²) in [4.78, 5) is 40.4. The molecule has 39 heavy (non-hydrogen) atoms. The summed E-state index contributed by atoms with van der Waals surface area (Å²) in [5.41, 5.74) is 1.74. The van der Waals surface area contributed by atoms with Crippen LogP contribution in [0.15, 0.2) is 54.1 Å². The molecule has 1 N–H and O–H groups in total. The third-order valence-corrected chi connectivity index (χ3v) is 13.8. The minimum atomic E-state index is -1.45. The molecule has 2 bridgehead atoms. The molecule has 5 nitrogen and oxygen atoms in total. The van der Waals surface area contributed by atoms with Crippen molar-refractivity contribution < 1.29 is 19.1 Å². The zero-order valence-electron chi connectivity index (χ0n) is 24.2. The van der Waals surface area contributed by atoms with E-state index in [2.05, 4.69) is 80.6 Å². The van der Waals surface area contributed by atoms with Crippen LogP contribution >= 0.6 is 0 Å². The number of Topliss-reactive ketones (excluding diaryl/α,β-unsaturated/α-hetero) is 1. The molecule has 0 aromatic heterocycles. The standard InChI is InChI=1S/C32H43NO4SSi/c1-20-23(19-39(4,5)6)18-24-13-10-14-27-26(35)15-16-28(38(27)3)30(37-21(2)34)32(24)29(20)25(33-31(32)36)17-22-11-8-7-9-12-22/h7-13,18,20,24-25,27-30H,14-17,19H2,1-6H3/p+1/b13-10+/t20-,24+,25?,27?,28?,29?,30?,32?,38?/m1/s1. The van der Waals surface area contributed by atoms with E-state index in [-0.39, 0.29) is 57.1 Å². The molecule has 1 aromatic rings. The smallest absolute Gasteiger partial charge is 0.303 e. The number of hydrogen-bond acceptors (Lipinski definition) is 4. The lowest BCUT2D eigenvalue weighted by atomic mass is 9.54. The van der Waals surface area contributed by atoms with E-state index in [1.807, 2.05) is 6.07 Å². The summed E-state index contributed by atoms with van der Waals surface area (Å²) >= 11 is 0. The number of rotatable bonds is 5. The zero-order valence-corrected chi connectivity index (χ0v) is 26.1. The average Bonchev–Trinajstić information content (AvgIpc) is 3.15. The van der Waals surface area contributed by atoms with Gasteiger partial charge in [0.2, 0.25) is 5.91 Å². The summed E-state index contributed by atoms with van der Waals surface area (Å²) in [6, 6.07) is 11.4. The van der Waals surface area contributed by atoms with Crippen LogP contribution in [-0.4, -0.2) is 54.6 Å². The number of amides is 1. The Bertz CT molecular complexity index is 1190. The highest BCUT2D eigenvalue weighted by molar-refractivity contribution is 7.98. The SMILES string of the molecule is CC(=O)OC1C2CCC(=O)C(C/C=C/[C@H]3C=C(C[Si](C)(C)C)[C@@H](C)C4C(Cc5ccccc5)NC(=O)C143)[S+]2C. The van der Waals surface area contributed by atoms with E-state index < -0.39 is 19.6 Å². The number of hydrogen-bond donors (Lipinski definition) is 1. The fourth-order valence-electron chi connectivity index (χ4n) is 8.04. The molecule has 1 spiro atoms. The van der Waals surface area contributed by atoms with Crippen LogP contribution < -0.4 is 5.32 Å². The van der Waals surface area contributed by atoms with Crippen LogP contribution in [0, 0.1) is 23.2 Å². The van der Waals surface area contributed by atoms with Crippen LogP contribution in [0.4, 0.5) is 0 Å². The molecule has 1 aliphatic carbocycles. The number of fused-ring (bicyclic) bond motifs is 2. The second-order valence-corrected chi connectivity index (χ2v) is 21.2. The Morgan fingerprint density at radius 2 is 1.90 bits per heavy atom. The van der Waals surface area contributed by atoms with Crippen molar-refractivity contribution in [3.05, 3.63) is 59.7 Å². The highest BCUT2D eigenvalue weighted by atomic mass is 32.2. The third-order valence-electron chi connectivity index (χ3n) is 9.55. The van der Waals surface area contributed by atoms with E-state index >= 15 is 0 Å². The van der Waals surface area contributed by atoms with Crippen molar-refractivity contribution in [1.82, 2.24) is 5.32 Å². The van der Waals surface area contributed by atoms with Crippen LogP contribution in [0.3, 0.4) is 0 Å². The summed E-state index contributed by atoms with van der Waals surface area (Å²) in [6.45, 7) is 11.0. The second-order valence-electron chi connectivity index (χ2n) is 13.4. The average molecular weight is 567 g/mol. The number of nitrogens with one attached hydrogen (secondary N) is 1. The van der Waals surface area contributed by atoms with Gasteiger partial charge in [0.1, 0.15) is 5.41 Å². The lowest BCUT2D eigenvalue weighted by molar-refractivity contribution is -0.164. The molecule has 7 heteroatoms. The van der Waals surface area contributed by atoms with Gasteiger partial charge in [-0.05, 0) is 23.9 Å². The first-order valence-corrected chi connectivity index (χ1v) is 20.0. The Balaban J connectivity index is 1.72. The largest absolute Gasteiger partial charge is 0.456 e. The number of esters is 1. The first-order valence-electron chi connectivity index (χ1n) is 14.5. The minimum Gasteiger partial charge on any atom is -0.456 e. The normalized spacial score (nSPS) is 38.8. The molecule has 1 amide bonds. The fourth-order valence-corrected chi connectivity index (χ4v) is 12.2. The molecule has 5 rings (SSSR count). The van der Waals surface area contributed by atoms with Crippen molar-refractivity contribution in [3.63, 3.8) is 0 Å². The van der Waals surface area contributed by atoms with Crippen LogP contribution in [0.1, 0.15) is 38.7 Å². The van der Waals surface area contributed by atoms with Gasteiger partial charge in [-0.1, -0.05) is 80.7 Å². The molecule has 2 fully saturated rings. The monoisotopic (exact) mass is 566 g/mol. The maximum atomic E-state index is 14.6. The summed E-state index contributed by atoms with van der Waals surface area (Å²) in [7, 11) is -1.75. The summed E-state index contributed by atoms with van der Waals surface area (Å²) in [5.74, 6) is -0.0505. The van der Waals surface area contributed by atoms with Crippen LogP contribution in [0.2, 0.25) is 25.7 Å². The molecule has 210 valence electrons. The first-order chi connectivity index (χ1) is 18.4. The van der Waals surface area contributed by atoms with Crippen molar-refractivity contribution in [2.45, 2.75) is 87.9 Å². The van der Waals surface area contributed by atoms with Crippen LogP contribution in [0.25, 0.3) is 0 Å². The molecular formula is C32H44NO4SSi+. The number of benzene rings is 1. The van der Waals surface area contributed by atoms with E-state index in [4.69, 9.17) is 4.74 Å². The highest BCUT2D eigenvalue weighted by Gasteiger charge is 2.70. The van der Waals surface area contributed by atoms with Crippen LogP contribution in [0.5, 0.6) is 0 Å². The lowest BCUT2D eigenvalue weighted by Crippen LogP contribution is -2.62. The van der Waals surface area contributed by atoms with E-state index in [0.717, 1.165) is 12.5 Å². The number of ether oxygens (including phenoxy) is 1. The third kappa shape index (κ3) is 5.10. The second kappa shape index (κ2) is 10.7. The zero-order chi connectivity index (χ0) is 28.1. The van der Waals surface area contributed by atoms with E-state index in [9.17, 15) is 14.4 Å². The summed E-state index contributed by atoms with van der Waals surface area (Å²) < 4.78 is 6.34. The Morgan fingerprint density at radius 1 is 1.18 bits per heavy atom. The molecule has 0 saturated carbocycles. The van der Waals surface area contributed by atoms with Gasteiger partial charge in [-0.15, -0.1) is 0 Å². The van der Waals surface area contributed by atoms with E-state index in [1.165, 1.54) is 18.1 Å². The number of carbonyl (C=O) groups excluding carboxylic acids is 3. The summed E-state index contributed by atoms with van der Waals surface area (Å²) in [5, 5.41) is 3.39. The number of allylic oxidation sites excluding steroid dienone is 4. The van der Waals surface area contributed by atoms with Crippen molar-refractivity contribution in [2.24, 2.45) is 23.2 Å². The fraction of sp³-hybridized carbons (Fsp3) is 0.594. The Morgan fingerprint density at radius 3 is 2.56 bits per heavy atom. The minimum absolute atomic E-state index is 0.0110. The molecule has 3 heterocycles. The predicted molar refractivity (Wildman–Crippen MR) is 161 cm³/mol. The van der Waals surface area contributed by atoms with Gasteiger partial charge in [-0.2, -0.15) is 0 Å². The Hall–Kier alpha value is -2.12. The highest BCUT2D eigenvalue weighted by Crippen LogP contribution is 2.59. The molecular weight excluding hydrogens is 523 g/mol. The van der Waals surface area contributed by atoms with Gasteiger partial charge in [0.15, 0.2) is 22.4 Å². The van der Waals surface area contributed by atoms with Crippen molar-refractivity contribution in [1.29, 1.82) is 0 Å². The lowest BCUT2D eigenvalue weighted by Gasteiger charge is -2.51. The molecule has 3 aliphatic heterocycles. The Labute approximate surface area is 237 Å². The molecule has 7 unspecified atom stereocenters. The Kier molecular flexibility index (Phi) is 7.79. The molecule has 9 atom stereocenters. The van der Waals surface area contributed by atoms with Gasteiger partial charge in [0.25, 0.3) is 0 Å². The molecule has 4 aliphatic rings. The van der Waals surface area contributed by atoms with Crippen LogP contribution in [-0.2, 0) is 36.4 Å². The van der Waals surface area contributed by atoms with Gasteiger partial charge in [0, 0.05) is 63.0 Å². The first kappa shape index (κ1) is 28.4. The maximum absolute atomic E-state index is 14.6. The maximum Gasteiger partial charge on any atom is 0.303 e. The quantitative estimate of drug-likeness (QED) is 0.233. The molecule has 2 saturated heterocycles. The van der Waals surface area contributed by atoms with Gasteiger partial charge in [-0.25, -0.2) is 0 Å². The van der Waals surface area contributed by atoms with Crippen molar-refractivity contribution in [2.75, 3.05) is 6.26 Å². The van der Waals surface area contributed by atoms with Crippen molar-refractivity contribution >= 4 is 36.6 Å².